The van der Waals surface area contributed by atoms with Gasteiger partial charge in [-0.15, -0.1) is 11.3 Å². The average molecular weight is 385 g/mol. The highest BCUT2D eigenvalue weighted by Gasteiger charge is 2.19. The van der Waals surface area contributed by atoms with Crippen molar-refractivity contribution in [1.82, 2.24) is 9.88 Å². The Bertz CT molecular complexity index is 908. The fraction of sp³-hybridized carbons (Fsp3) is 0.300. The maximum absolute atomic E-state index is 12.5. The van der Waals surface area contributed by atoms with Gasteiger partial charge in [-0.1, -0.05) is 12.1 Å². The second kappa shape index (κ2) is 8.37. The van der Waals surface area contributed by atoms with E-state index in [0.29, 0.717) is 17.2 Å². The molecule has 1 heterocycles. The molecule has 27 heavy (non-hydrogen) atoms. The molecule has 142 valence electrons. The summed E-state index contributed by atoms with van der Waals surface area (Å²) in [7, 11) is 5.07. The number of ether oxygens (including phenoxy) is 2. The molecule has 0 fully saturated rings. The van der Waals surface area contributed by atoms with E-state index in [-0.39, 0.29) is 18.5 Å². The number of carbonyl (C=O) groups is 1. The van der Waals surface area contributed by atoms with Crippen molar-refractivity contribution in [3.05, 3.63) is 47.5 Å². The van der Waals surface area contributed by atoms with Gasteiger partial charge in [0.05, 0.1) is 42.7 Å². The number of methoxy groups -OCH3 is 2. The number of nitrogens with zero attached hydrogens (tertiary/aromatic N) is 2. The van der Waals surface area contributed by atoms with Crippen molar-refractivity contribution in [2.45, 2.75) is 13.0 Å². The van der Waals surface area contributed by atoms with Gasteiger partial charge in [-0.3, -0.25) is 9.69 Å². The number of rotatable bonds is 7. The second-order valence-corrected chi connectivity index (χ2v) is 7.29. The first-order valence-corrected chi connectivity index (χ1v) is 9.41. The smallest absolute Gasteiger partial charge is 0.238 e. The van der Waals surface area contributed by atoms with E-state index in [1.807, 2.05) is 30.1 Å². The largest absolute Gasteiger partial charge is 0.497 e. The Hall–Kier alpha value is -2.64. The predicted molar refractivity (Wildman–Crippen MR) is 109 cm³/mol. The van der Waals surface area contributed by atoms with Crippen molar-refractivity contribution in [3.8, 4) is 11.5 Å². The Morgan fingerprint density at radius 1 is 1.22 bits per heavy atom. The molecule has 1 amide bonds. The van der Waals surface area contributed by atoms with Crippen molar-refractivity contribution in [3.63, 3.8) is 0 Å². The van der Waals surface area contributed by atoms with E-state index in [1.165, 1.54) is 0 Å². The SMILES string of the molecule is COc1ccc(NC(=O)CN(C)[C@H](C)c2nc3ccccc3s2)c(OC)c1. The molecular formula is C20H23N3O3S. The van der Waals surface area contributed by atoms with Gasteiger partial charge in [-0.25, -0.2) is 4.98 Å². The molecule has 3 aromatic rings. The minimum absolute atomic E-state index is 0.0333. The van der Waals surface area contributed by atoms with E-state index in [0.717, 1.165) is 15.2 Å². The number of nitrogens with one attached hydrogen (secondary N) is 1. The molecule has 0 aliphatic carbocycles. The van der Waals surface area contributed by atoms with Crippen LogP contribution in [0.25, 0.3) is 10.2 Å². The molecule has 0 aliphatic rings. The van der Waals surface area contributed by atoms with Crippen LogP contribution in [-0.2, 0) is 4.79 Å². The number of para-hydroxylation sites is 1. The summed E-state index contributed by atoms with van der Waals surface area (Å²) in [6.45, 7) is 2.30. The molecule has 2 aromatic carbocycles. The highest BCUT2D eigenvalue weighted by molar-refractivity contribution is 7.18. The highest BCUT2D eigenvalue weighted by atomic mass is 32.1. The van der Waals surface area contributed by atoms with Crippen LogP contribution in [0.1, 0.15) is 18.0 Å². The molecule has 0 aliphatic heterocycles. The molecule has 0 saturated heterocycles. The summed E-state index contributed by atoms with van der Waals surface area (Å²) < 4.78 is 11.7. The fourth-order valence-electron chi connectivity index (χ4n) is 2.71. The molecule has 0 saturated carbocycles. The Labute approximate surface area is 162 Å². The highest BCUT2D eigenvalue weighted by Crippen LogP contribution is 2.30. The summed E-state index contributed by atoms with van der Waals surface area (Å²) in [6, 6.07) is 13.4. The summed E-state index contributed by atoms with van der Waals surface area (Å²) in [5.41, 5.74) is 1.61. The van der Waals surface area contributed by atoms with Crippen molar-refractivity contribution >= 4 is 33.1 Å². The third-order valence-electron chi connectivity index (χ3n) is 4.40. The van der Waals surface area contributed by atoms with E-state index < -0.39 is 0 Å². The number of carbonyl (C=O) groups excluding carboxylic acids is 1. The minimum Gasteiger partial charge on any atom is -0.497 e. The van der Waals surface area contributed by atoms with Gasteiger partial charge in [-0.2, -0.15) is 0 Å². The Kier molecular flexibility index (Phi) is 5.93. The summed E-state index contributed by atoms with van der Waals surface area (Å²) in [5.74, 6) is 1.12. The number of thiazole rings is 1. The topological polar surface area (TPSA) is 63.7 Å². The molecule has 0 radical (unpaired) electrons. The van der Waals surface area contributed by atoms with Crippen LogP contribution in [0.15, 0.2) is 42.5 Å². The van der Waals surface area contributed by atoms with Gasteiger partial charge < -0.3 is 14.8 Å². The first kappa shape index (κ1) is 19.1. The number of anilines is 1. The number of benzene rings is 2. The number of amides is 1. The molecule has 0 unspecified atom stereocenters. The van der Waals surface area contributed by atoms with E-state index in [1.54, 1.807) is 43.8 Å². The summed E-state index contributed by atoms with van der Waals surface area (Å²) in [4.78, 5) is 19.2. The standard InChI is InChI=1S/C20H23N3O3S/c1-13(20-22-16-7-5-6-8-18(16)27-20)23(2)12-19(24)21-15-10-9-14(25-3)11-17(15)26-4/h5-11,13H,12H2,1-4H3,(H,21,24)/t13-/m1/s1. The Morgan fingerprint density at radius 2 is 2.00 bits per heavy atom. The zero-order valence-corrected chi connectivity index (χ0v) is 16.7. The maximum Gasteiger partial charge on any atom is 0.238 e. The molecule has 7 heteroatoms. The zero-order valence-electron chi connectivity index (χ0n) is 15.9. The van der Waals surface area contributed by atoms with Crippen molar-refractivity contribution in [2.24, 2.45) is 0 Å². The summed E-state index contributed by atoms with van der Waals surface area (Å²) >= 11 is 1.66. The van der Waals surface area contributed by atoms with Gasteiger partial charge in [0.15, 0.2) is 0 Å². The van der Waals surface area contributed by atoms with E-state index >= 15 is 0 Å². The van der Waals surface area contributed by atoms with Gasteiger partial charge >= 0.3 is 0 Å². The van der Waals surface area contributed by atoms with Crippen LogP contribution in [0.3, 0.4) is 0 Å². The van der Waals surface area contributed by atoms with E-state index in [9.17, 15) is 4.79 Å². The van der Waals surface area contributed by atoms with Crippen LogP contribution < -0.4 is 14.8 Å². The Balaban J connectivity index is 1.66. The third-order valence-corrected chi connectivity index (χ3v) is 5.61. The number of hydrogen-bond acceptors (Lipinski definition) is 6. The van der Waals surface area contributed by atoms with E-state index in [2.05, 4.69) is 23.3 Å². The minimum atomic E-state index is -0.117. The summed E-state index contributed by atoms with van der Waals surface area (Å²) in [6.07, 6.45) is 0. The third kappa shape index (κ3) is 4.37. The van der Waals surface area contributed by atoms with Crippen LogP contribution in [0.2, 0.25) is 0 Å². The molecule has 1 aromatic heterocycles. The lowest BCUT2D eigenvalue weighted by Gasteiger charge is -2.22. The molecular weight excluding hydrogens is 362 g/mol. The maximum atomic E-state index is 12.5. The van der Waals surface area contributed by atoms with Crippen LogP contribution in [0, 0.1) is 0 Å². The van der Waals surface area contributed by atoms with E-state index in [4.69, 9.17) is 9.47 Å². The first-order valence-electron chi connectivity index (χ1n) is 8.59. The lowest BCUT2D eigenvalue weighted by atomic mass is 10.2. The van der Waals surface area contributed by atoms with Crippen LogP contribution in [-0.4, -0.2) is 43.6 Å². The molecule has 3 rings (SSSR count). The number of aromatic nitrogens is 1. The normalized spacial score (nSPS) is 12.2. The van der Waals surface area contributed by atoms with Gasteiger partial charge in [0.1, 0.15) is 16.5 Å². The fourth-order valence-corrected chi connectivity index (χ4v) is 3.80. The lowest BCUT2D eigenvalue weighted by molar-refractivity contribution is -0.117. The number of likely N-dealkylation sites (N-methyl/N-ethyl adjacent to an activating group) is 1. The molecule has 1 atom stereocenters. The zero-order chi connectivity index (χ0) is 19.4. The van der Waals surface area contributed by atoms with Crippen molar-refractivity contribution in [1.29, 1.82) is 0 Å². The van der Waals surface area contributed by atoms with Gasteiger partial charge in [-0.05, 0) is 38.2 Å². The second-order valence-electron chi connectivity index (χ2n) is 6.23. The molecule has 1 N–H and O–H groups in total. The molecule has 0 spiro atoms. The Morgan fingerprint density at radius 3 is 2.70 bits per heavy atom. The van der Waals surface area contributed by atoms with Crippen molar-refractivity contribution in [2.75, 3.05) is 33.1 Å². The lowest BCUT2D eigenvalue weighted by Crippen LogP contribution is -2.32. The monoisotopic (exact) mass is 385 g/mol. The molecule has 0 bridgehead atoms. The predicted octanol–water partition coefficient (Wildman–Crippen LogP) is 3.95. The summed E-state index contributed by atoms with van der Waals surface area (Å²) in [5, 5.41) is 3.89. The van der Waals surface area contributed by atoms with Crippen LogP contribution in [0.4, 0.5) is 5.69 Å². The molecule has 6 nitrogen and oxygen atoms in total. The average Bonchev–Trinajstić information content (AvgIpc) is 3.11. The van der Waals surface area contributed by atoms with Crippen molar-refractivity contribution < 1.29 is 14.3 Å². The van der Waals surface area contributed by atoms with Crippen LogP contribution >= 0.6 is 11.3 Å². The van der Waals surface area contributed by atoms with Gasteiger partial charge in [0.2, 0.25) is 5.91 Å². The van der Waals surface area contributed by atoms with Crippen LogP contribution in [0.5, 0.6) is 11.5 Å². The first-order chi connectivity index (χ1) is 13.0. The van der Waals surface area contributed by atoms with Gasteiger partial charge in [0, 0.05) is 6.07 Å². The quantitative estimate of drug-likeness (QED) is 0.667. The van der Waals surface area contributed by atoms with Gasteiger partial charge in [0.25, 0.3) is 0 Å². The number of hydrogen-bond donors (Lipinski definition) is 1. The number of fused-ring (bicyclic) bond motifs is 1.